The van der Waals surface area contributed by atoms with E-state index < -0.39 is 11.5 Å². The van der Waals surface area contributed by atoms with Crippen LogP contribution in [-0.4, -0.2) is 41.4 Å². The first-order valence-corrected chi connectivity index (χ1v) is 15.3. The molecule has 2 N–H and O–H groups in total. The molecule has 0 unspecified atom stereocenters. The molecule has 4 aromatic rings. The Hall–Kier alpha value is -4.39. The third-order valence-corrected chi connectivity index (χ3v) is 8.69. The van der Waals surface area contributed by atoms with Gasteiger partial charge in [0.05, 0.1) is 17.5 Å². The van der Waals surface area contributed by atoms with Gasteiger partial charge < -0.3 is 19.7 Å². The van der Waals surface area contributed by atoms with Crippen molar-refractivity contribution in [1.29, 1.82) is 0 Å². The molecule has 224 valence electrons. The Bertz CT molecular complexity index is 1660. The minimum atomic E-state index is -0.907. The first-order chi connectivity index (χ1) is 20.7. The number of Topliss-reactive ketones (excluding diaryl/α,β-unsaturated/α-hetero) is 1. The number of benzene rings is 3. The number of anilines is 1. The molecule has 1 aliphatic rings. The zero-order valence-electron chi connectivity index (χ0n) is 25.5. The fourth-order valence-electron chi connectivity index (χ4n) is 6.38. The number of carbonyl (C=O) groups is 3. The van der Waals surface area contributed by atoms with E-state index in [2.05, 4.69) is 24.1 Å². The summed E-state index contributed by atoms with van der Waals surface area (Å²) in [6.45, 7) is 9.60. The second-order valence-corrected chi connectivity index (χ2v) is 11.6. The molecule has 0 spiro atoms. The lowest BCUT2D eigenvalue weighted by atomic mass is 9.92. The molecule has 0 saturated heterocycles. The highest BCUT2D eigenvalue weighted by Crippen LogP contribution is 2.42. The van der Waals surface area contributed by atoms with Crippen molar-refractivity contribution in [2.75, 3.05) is 18.0 Å². The number of nitrogens with one attached hydrogen (secondary N) is 1. The molecule has 43 heavy (non-hydrogen) atoms. The van der Waals surface area contributed by atoms with Gasteiger partial charge >= 0.3 is 5.97 Å². The number of carboxylic acid groups (broad SMARTS) is 1. The van der Waals surface area contributed by atoms with E-state index in [0.29, 0.717) is 41.7 Å². The summed E-state index contributed by atoms with van der Waals surface area (Å²) in [4.78, 5) is 40.7. The summed E-state index contributed by atoms with van der Waals surface area (Å²) >= 11 is 0. The molecule has 3 aromatic carbocycles. The van der Waals surface area contributed by atoms with Crippen molar-refractivity contribution in [3.63, 3.8) is 0 Å². The molecular formula is C36H40N2O5. The Labute approximate surface area is 252 Å². The van der Waals surface area contributed by atoms with E-state index in [1.807, 2.05) is 68.4 Å². The van der Waals surface area contributed by atoms with Gasteiger partial charge in [0.1, 0.15) is 11.3 Å². The van der Waals surface area contributed by atoms with E-state index in [4.69, 9.17) is 4.42 Å². The summed E-state index contributed by atoms with van der Waals surface area (Å²) in [7, 11) is 0. The number of fused-ring (bicyclic) bond motifs is 1. The normalized spacial score (nSPS) is 14.1. The highest BCUT2D eigenvalue weighted by atomic mass is 16.4. The Morgan fingerprint density at radius 3 is 2.26 bits per heavy atom. The number of furan rings is 1. The summed E-state index contributed by atoms with van der Waals surface area (Å²) in [5.41, 5.74) is 5.62. The number of nitrogens with zero attached hydrogens (tertiary/aromatic N) is 1. The van der Waals surface area contributed by atoms with Crippen LogP contribution in [0, 0.1) is 6.92 Å². The van der Waals surface area contributed by atoms with Gasteiger partial charge in [0.25, 0.3) is 5.91 Å². The van der Waals surface area contributed by atoms with Gasteiger partial charge in [-0.3, -0.25) is 14.4 Å². The number of hydrogen-bond acceptors (Lipinski definition) is 5. The average molecular weight is 581 g/mol. The summed E-state index contributed by atoms with van der Waals surface area (Å²) in [6.07, 6.45) is 3.37. The standard InChI is InChI=1S/C36H40N2O5/c1-5-30(39)33-28-20-27(25-11-10-12-26(19-25)35(42)37-36(22-32(40)41)17-8-9-18-36)29(38(6-2)7-3)21-31(28)43-34(33)24-15-13-23(4)14-16-24/h10-16,19-21H,5-9,17-18,22H2,1-4H3,(H,37,42)(H,40,41). The van der Waals surface area contributed by atoms with Gasteiger partial charge in [-0.25, -0.2) is 0 Å². The maximum atomic E-state index is 13.5. The number of aryl methyl sites for hydroxylation is 1. The second-order valence-electron chi connectivity index (χ2n) is 11.6. The zero-order chi connectivity index (χ0) is 30.7. The second kappa shape index (κ2) is 12.5. The van der Waals surface area contributed by atoms with Crippen LogP contribution in [-0.2, 0) is 4.79 Å². The molecule has 0 bridgehead atoms. The Morgan fingerprint density at radius 2 is 1.63 bits per heavy atom. The molecule has 0 radical (unpaired) electrons. The third kappa shape index (κ3) is 6.07. The average Bonchev–Trinajstić information content (AvgIpc) is 3.61. The van der Waals surface area contributed by atoms with Crippen LogP contribution >= 0.6 is 0 Å². The van der Waals surface area contributed by atoms with Crippen molar-refractivity contribution in [3.05, 3.63) is 77.4 Å². The van der Waals surface area contributed by atoms with E-state index in [1.54, 1.807) is 6.07 Å². The fourth-order valence-corrected chi connectivity index (χ4v) is 6.38. The molecule has 1 amide bonds. The Morgan fingerprint density at radius 1 is 0.930 bits per heavy atom. The summed E-state index contributed by atoms with van der Waals surface area (Å²) in [6, 6.07) is 19.5. The van der Waals surface area contributed by atoms with Crippen LogP contribution in [0.1, 0.15) is 85.6 Å². The molecule has 0 aliphatic heterocycles. The van der Waals surface area contributed by atoms with E-state index in [0.717, 1.165) is 59.3 Å². The number of carbonyl (C=O) groups excluding carboxylic acids is 2. The van der Waals surface area contributed by atoms with Crippen molar-refractivity contribution in [2.24, 2.45) is 0 Å². The van der Waals surface area contributed by atoms with Crippen molar-refractivity contribution < 1.29 is 23.9 Å². The molecule has 1 aromatic heterocycles. The molecule has 0 atom stereocenters. The van der Waals surface area contributed by atoms with Crippen molar-refractivity contribution in [2.45, 2.75) is 71.8 Å². The van der Waals surface area contributed by atoms with Gasteiger partial charge in [-0.2, -0.15) is 0 Å². The number of amides is 1. The molecule has 7 nitrogen and oxygen atoms in total. The maximum absolute atomic E-state index is 13.5. The topological polar surface area (TPSA) is 99.9 Å². The summed E-state index contributed by atoms with van der Waals surface area (Å²) in [5, 5.41) is 13.3. The van der Waals surface area contributed by atoms with Crippen LogP contribution in [0.5, 0.6) is 0 Å². The number of carboxylic acids is 1. The summed E-state index contributed by atoms with van der Waals surface area (Å²) < 4.78 is 6.44. The lowest BCUT2D eigenvalue weighted by molar-refractivity contribution is -0.138. The largest absolute Gasteiger partial charge is 0.481 e. The van der Waals surface area contributed by atoms with E-state index in [1.165, 1.54) is 0 Å². The van der Waals surface area contributed by atoms with E-state index >= 15 is 0 Å². The minimum Gasteiger partial charge on any atom is -0.481 e. The monoisotopic (exact) mass is 580 g/mol. The van der Waals surface area contributed by atoms with Crippen LogP contribution in [0.15, 0.2) is 65.1 Å². The predicted molar refractivity (Wildman–Crippen MR) is 171 cm³/mol. The fraction of sp³-hybridized carbons (Fsp3) is 0.361. The number of aliphatic carboxylic acids is 1. The molecular weight excluding hydrogens is 540 g/mol. The van der Waals surface area contributed by atoms with Gasteiger partial charge in [0.15, 0.2) is 5.78 Å². The Balaban J connectivity index is 1.64. The molecule has 1 heterocycles. The van der Waals surface area contributed by atoms with Crippen molar-refractivity contribution >= 4 is 34.3 Å². The number of rotatable bonds is 11. The molecule has 1 saturated carbocycles. The van der Waals surface area contributed by atoms with Gasteiger partial charge in [-0.05, 0) is 57.4 Å². The zero-order valence-corrected chi connectivity index (χ0v) is 25.5. The Kier molecular flexibility index (Phi) is 8.71. The molecule has 5 rings (SSSR count). The first-order valence-electron chi connectivity index (χ1n) is 15.3. The first kappa shape index (κ1) is 30.1. The van der Waals surface area contributed by atoms with Crippen LogP contribution in [0.3, 0.4) is 0 Å². The quantitative estimate of drug-likeness (QED) is 0.174. The molecule has 1 aliphatic carbocycles. The lowest BCUT2D eigenvalue weighted by Crippen LogP contribution is -2.47. The van der Waals surface area contributed by atoms with Crippen molar-refractivity contribution in [3.8, 4) is 22.5 Å². The van der Waals surface area contributed by atoms with Crippen molar-refractivity contribution in [1.82, 2.24) is 5.32 Å². The van der Waals surface area contributed by atoms with Gasteiger partial charge in [0, 0.05) is 53.3 Å². The SMILES string of the molecule is CCC(=O)c1c(-c2ccc(C)cc2)oc2cc(N(CC)CC)c(-c3cccc(C(=O)NC4(CC(=O)O)CCCC4)c3)cc12. The maximum Gasteiger partial charge on any atom is 0.305 e. The van der Waals surface area contributed by atoms with Crippen LogP contribution in [0.4, 0.5) is 5.69 Å². The predicted octanol–water partition coefficient (Wildman–Crippen LogP) is 8.03. The van der Waals surface area contributed by atoms with Crippen LogP contribution in [0.2, 0.25) is 0 Å². The minimum absolute atomic E-state index is 0.00397. The van der Waals surface area contributed by atoms with Gasteiger partial charge in [-0.1, -0.05) is 61.7 Å². The molecule has 1 fully saturated rings. The summed E-state index contributed by atoms with van der Waals surface area (Å²) in [5.74, 6) is -0.611. The van der Waals surface area contributed by atoms with Crippen LogP contribution < -0.4 is 10.2 Å². The lowest BCUT2D eigenvalue weighted by Gasteiger charge is -2.29. The highest BCUT2D eigenvalue weighted by molar-refractivity contribution is 6.13. The number of ketones is 1. The third-order valence-electron chi connectivity index (χ3n) is 8.69. The highest BCUT2D eigenvalue weighted by Gasteiger charge is 2.37. The van der Waals surface area contributed by atoms with Crippen LogP contribution in [0.25, 0.3) is 33.4 Å². The molecule has 7 heteroatoms. The van der Waals surface area contributed by atoms with E-state index in [-0.39, 0.29) is 18.1 Å². The van der Waals surface area contributed by atoms with Gasteiger partial charge in [-0.15, -0.1) is 0 Å². The van der Waals surface area contributed by atoms with Gasteiger partial charge in [0.2, 0.25) is 0 Å². The smallest absolute Gasteiger partial charge is 0.305 e. The number of hydrogen-bond donors (Lipinski definition) is 2. The van der Waals surface area contributed by atoms with E-state index in [9.17, 15) is 19.5 Å².